The highest BCUT2D eigenvalue weighted by Gasteiger charge is 2.34. The lowest BCUT2D eigenvalue weighted by molar-refractivity contribution is -0.140. The van der Waals surface area contributed by atoms with Gasteiger partial charge in [0.05, 0.1) is 17.0 Å². The minimum atomic E-state index is -4.03. The molecule has 1 atom stereocenters. The third kappa shape index (κ3) is 8.68. The number of rotatable bonds is 12. The van der Waals surface area contributed by atoms with Crippen LogP contribution >= 0.6 is 23.2 Å². The zero-order valence-electron chi connectivity index (χ0n) is 22.5. The second kappa shape index (κ2) is 14.0. The standard InChI is InChI=1S/C29H32Cl2FN3O4S/c1-20(2)17-33-29(37)27(15-21-9-5-4-6-10-21)34(18-22-11-7-8-12-25(22)32)28(36)19-35(40(3,38)39)26-16-23(30)13-14-24(26)31/h4-14,16,20,27H,15,17-19H2,1-3H3,(H,33,37). The predicted molar refractivity (Wildman–Crippen MR) is 157 cm³/mol. The molecule has 0 saturated heterocycles. The van der Waals surface area contributed by atoms with Crippen LogP contribution in [-0.2, 0) is 32.6 Å². The molecule has 40 heavy (non-hydrogen) atoms. The predicted octanol–water partition coefficient (Wildman–Crippen LogP) is 5.31. The minimum Gasteiger partial charge on any atom is -0.354 e. The Morgan fingerprint density at radius 1 is 0.975 bits per heavy atom. The average molecular weight is 609 g/mol. The monoisotopic (exact) mass is 607 g/mol. The van der Waals surface area contributed by atoms with E-state index in [4.69, 9.17) is 23.2 Å². The number of anilines is 1. The third-order valence-corrected chi connectivity index (χ3v) is 7.79. The van der Waals surface area contributed by atoms with Crippen LogP contribution in [0.1, 0.15) is 25.0 Å². The molecule has 0 bridgehead atoms. The van der Waals surface area contributed by atoms with Gasteiger partial charge in [-0.1, -0.05) is 85.6 Å². The summed E-state index contributed by atoms with van der Waals surface area (Å²) in [7, 11) is -4.03. The van der Waals surface area contributed by atoms with Crippen molar-refractivity contribution in [1.29, 1.82) is 0 Å². The van der Waals surface area contributed by atoms with Gasteiger partial charge in [0, 0.05) is 30.1 Å². The number of sulfonamides is 1. The van der Waals surface area contributed by atoms with E-state index < -0.39 is 40.2 Å². The maximum atomic E-state index is 14.8. The Bertz CT molecular complexity index is 1440. The van der Waals surface area contributed by atoms with Gasteiger partial charge in [0.15, 0.2) is 0 Å². The smallest absolute Gasteiger partial charge is 0.244 e. The molecule has 214 valence electrons. The van der Waals surface area contributed by atoms with Crippen molar-refractivity contribution < 1.29 is 22.4 Å². The molecule has 3 aromatic rings. The van der Waals surface area contributed by atoms with Crippen LogP contribution < -0.4 is 9.62 Å². The number of carbonyl (C=O) groups excluding carboxylic acids is 2. The Balaban J connectivity index is 2.08. The Hall–Kier alpha value is -3.14. The number of hydrogen-bond donors (Lipinski definition) is 1. The molecule has 0 aliphatic rings. The van der Waals surface area contributed by atoms with Gasteiger partial charge >= 0.3 is 0 Å². The first-order valence-electron chi connectivity index (χ1n) is 12.6. The highest BCUT2D eigenvalue weighted by Crippen LogP contribution is 2.31. The van der Waals surface area contributed by atoms with E-state index in [1.54, 1.807) is 6.07 Å². The zero-order valence-corrected chi connectivity index (χ0v) is 24.8. The Labute approximate surface area is 244 Å². The van der Waals surface area contributed by atoms with Crippen LogP contribution in [0.15, 0.2) is 72.8 Å². The lowest BCUT2D eigenvalue weighted by Gasteiger charge is -2.34. The van der Waals surface area contributed by atoms with Crippen LogP contribution in [0.3, 0.4) is 0 Å². The maximum Gasteiger partial charge on any atom is 0.244 e. The highest BCUT2D eigenvalue weighted by atomic mass is 35.5. The van der Waals surface area contributed by atoms with Crippen LogP contribution in [0, 0.1) is 11.7 Å². The number of nitrogens with zero attached hydrogens (tertiary/aromatic N) is 2. The fourth-order valence-corrected chi connectivity index (χ4v) is 5.35. The van der Waals surface area contributed by atoms with Gasteiger partial charge in [-0.05, 0) is 35.7 Å². The van der Waals surface area contributed by atoms with E-state index in [1.165, 1.54) is 41.3 Å². The summed E-state index contributed by atoms with van der Waals surface area (Å²) in [6.07, 6.45) is 1.07. The first-order chi connectivity index (χ1) is 18.9. The van der Waals surface area contributed by atoms with Crippen molar-refractivity contribution >= 4 is 50.7 Å². The topological polar surface area (TPSA) is 86.8 Å². The van der Waals surface area contributed by atoms with E-state index in [2.05, 4.69) is 5.32 Å². The van der Waals surface area contributed by atoms with Gasteiger partial charge in [-0.25, -0.2) is 12.8 Å². The molecule has 0 heterocycles. The van der Waals surface area contributed by atoms with Crippen LogP contribution in [0.25, 0.3) is 0 Å². The molecule has 3 rings (SSSR count). The van der Waals surface area contributed by atoms with Crippen LogP contribution in [0.5, 0.6) is 0 Å². The summed E-state index contributed by atoms with van der Waals surface area (Å²) in [6.45, 7) is 3.29. The molecule has 2 amide bonds. The zero-order chi connectivity index (χ0) is 29.4. The molecule has 1 N–H and O–H groups in total. The molecule has 0 fully saturated rings. The van der Waals surface area contributed by atoms with Gasteiger partial charge in [0.1, 0.15) is 18.4 Å². The van der Waals surface area contributed by atoms with Gasteiger partial charge in [-0.2, -0.15) is 0 Å². The van der Waals surface area contributed by atoms with Crippen LogP contribution in [0.2, 0.25) is 10.0 Å². The quantitative estimate of drug-likeness (QED) is 0.302. The summed E-state index contributed by atoms with van der Waals surface area (Å²) >= 11 is 12.4. The first kappa shape index (κ1) is 31.4. The summed E-state index contributed by atoms with van der Waals surface area (Å²) in [5.41, 5.74) is 0.966. The molecule has 0 spiro atoms. The molecule has 3 aromatic carbocycles. The van der Waals surface area contributed by atoms with Gasteiger partial charge in [0.25, 0.3) is 0 Å². The van der Waals surface area contributed by atoms with Crippen molar-refractivity contribution in [2.75, 3.05) is 23.7 Å². The van der Waals surface area contributed by atoms with E-state index in [-0.39, 0.29) is 40.2 Å². The van der Waals surface area contributed by atoms with E-state index in [0.29, 0.717) is 6.54 Å². The molecule has 0 radical (unpaired) electrons. The van der Waals surface area contributed by atoms with Crippen molar-refractivity contribution in [2.45, 2.75) is 32.9 Å². The van der Waals surface area contributed by atoms with Crippen molar-refractivity contribution in [3.05, 3.63) is 99.8 Å². The van der Waals surface area contributed by atoms with E-state index in [0.717, 1.165) is 16.1 Å². The number of nitrogens with one attached hydrogen (secondary N) is 1. The van der Waals surface area contributed by atoms with Crippen LogP contribution in [-0.4, -0.2) is 50.5 Å². The van der Waals surface area contributed by atoms with Gasteiger partial charge < -0.3 is 10.2 Å². The fourth-order valence-electron chi connectivity index (χ4n) is 4.06. The summed E-state index contributed by atoms with van der Waals surface area (Å²) in [5, 5.41) is 3.16. The maximum absolute atomic E-state index is 14.8. The number of halogens is 3. The second-order valence-electron chi connectivity index (χ2n) is 9.82. The molecule has 0 saturated carbocycles. The van der Waals surface area contributed by atoms with E-state index in [9.17, 15) is 22.4 Å². The SMILES string of the molecule is CC(C)CNC(=O)C(Cc1ccccc1)N(Cc1ccccc1F)C(=O)CN(c1cc(Cl)ccc1Cl)S(C)(=O)=O. The lowest BCUT2D eigenvalue weighted by Crippen LogP contribution is -2.53. The van der Waals surface area contributed by atoms with Crippen molar-refractivity contribution in [2.24, 2.45) is 5.92 Å². The normalized spacial score (nSPS) is 12.2. The minimum absolute atomic E-state index is 0.0136. The average Bonchev–Trinajstić information content (AvgIpc) is 2.90. The molecular formula is C29H32Cl2FN3O4S. The van der Waals surface area contributed by atoms with Gasteiger partial charge in [-0.3, -0.25) is 13.9 Å². The number of amides is 2. The molecular weight excluding hydrogens is 576 g/mol. The number of benzene rings is 3. The summed E-state index contributed by atoms with van der Waals surface area (Å²) in [4.78, 5) is 28.8. The van der Waals surface area contributed by atoms with Crippen molar-refractivity contribution in [3.63, 3.8) is 0 Å². The number of hydrogen-bond acceptors (Lipinski definition) is 4. The van der Waals surface area contributed by atoms with Gasteiger partial charge in [0.2, 0.25) is 21.8 Å². The fraction of sp³-hybridized carbons (Fsp3) is 0.310. The number of carbonyl (C=O) groups is 2. The molecule has 1 unspecified atom stereocenters. The van der Waals surface area contributed by atoms with Gasteiger partial charge in [-0.15, -0.1) is 0 Å². The largest absolute Gasteiger partial charge is 0.354 e. The van der Waals surface area contributed by atoms with E-state index >= 15 is 0 Å². The summed E-state index contributed by atoms with van der Waals surface area (Å²) in [6, 6.07) is 18.2. The lowest BCUT2D eigenvalue weighted by atomic mass is 10.0. The Morgan fingerprint density at radius 2 is 1.62 bits per heavy atom. The Kier molecular flexibility index (Phi) is 11.0. The van der Waals surface area contributed by atoms with Crippen molar-refractivity contribution in [3.8, 4) is 0 Å². The third-order valence-electron chi connectivity index (χ3n) is 6.11. The molecule has 0 aliphatic carbocycles. The highest BCUT2D eigenvalue weighted by molar-refractivity contribution is 7.92. The first-order valence-corrected chi connectivity index (χ1v) is 15.2. The summed E-state index contributed by atoms with van der Waals surface area (Å²) < 4.78 is 41.3. The molecule has 7 nitrogen and oxygen atoms in total. The van der Waals surface area contributed by atoms with Crippen molar-refractivity contribution in [1.82, 2.24) is 10.2 Å². The molecule has 0 aliphatic heterocycles. The Morgan fingerprint density at radius 3 is 2.25 bits per heavy atom. The molecule has 11 heteroatoms. The second-order valence-corrected chi connectivity index (χ2v) is 12.6. The van der Waals surface area contributed by atoms with E-state index in [1.807, 2.05) is 44.2 Å². The van der Waals surface area contributed by atoms with Crippen LogP contribution in [0.4, 0.5) is 10.1 Å². The molecule has 0 aromatic heterocycles. The summed E-state index contributed by atoms with van der Waals surface area (Å²) in [5.74, 6) is -1.57.